The summed E-state index contributed by atoms with van der Waals surface area (Å²) in [5.41, 5.74) is 0.531. The van der Waals surface area contributed by atoms with Gasteiger partial charge in [0.1, 0.15) is 0 Å². The van der Waals surface area contributed by atoms with Crippen molar-refractivity contribution < 1.29 is 4.79 Å². The number of carbonyl (C=O) groups excluding carboxylic acids is 1. The molecule has 1 aromatic rings. The molecule has 0 aromatic heterocycles. The zero-order valence-corrected chi connectivity index (χ0v) is 11.7. The molecule has 1 fully saturated rings. The van der Waals surface area contributed by atoms with Crippen molar-refractivity contribution in [1.29, 1.82) is 0 Å². The van der Waals surface area contributed by atoms with Crippen LogP contribution in [0.4, 0.5) is 0 Å². The number of carbonyl (C=O) groups is 1. The van der Waals surface area contributed by atoms with E-state index in [9.17, 15) is 4.79 Å². The second-order valence-electron chi connectivity index (χ2n) is 4.87. The van der Waals surface area contributed by atoms with Gasteiger partial charge in [-0.3, -0.25) is 4.79 Å². The molecule has 0 saturated heterocycles. The van der Waals surface area contributed by atoms with Crippen LogP contribution in [0.2, 0.25) is 10.0 Å². The van der Waals surface area contributed by atoms with Crippen molar-refractivity contribution in [2.24, 2.45) is 5.92 Å². The van der Waals surface area contributed by atoms with Gasteiger partial charge in [-0.15, -0.1) is 0 Å². The maximum Gasteiger partial charge on any atom is 0.251 e. The van der Waals surface area contributed by atoms with Crippen molar-refractivity contribution >= 4 is 29.1 Å². The van der Waals surface area contributed by atoms with E-state index < -0.39 is 0 Å². The molecule has 0 bridgehead atoms. The first-order chi connectivity index (χ1) is 8.65. The number of hydrogen-bond donors (Lipinski definition) is 1. The normalized spacial score (nSPS) is 16.6. The predicted octanol–water partition coefficient (Wildman–Crippen LogP) is 4.30. The summed E-state index contributed by atoms with van der Waals surface area (Å²) in [6.45, 7) is 0.753. The highest BCUT2D eigenvalue weighted by molar-refractivity contribution is 6.35. The second-order valence-corrected chi connectivity index (χ2v) is 5.75. The molecule has 2 nitrogen and oxygen atoms in total. The minimum absolute atomic E-state index is 0.0926. The van der Waals surface area contributed by atoms with E-state index in [1.54, 1.807) is 18.2 Å². The van der Waals surface area contributed by atoms with Crippen LogP contribution >= 0.6 is 23.2 Å². The Kier molecular flexibility index (Phi) is 4.90. The van der Waals surface area contributed by atoms with Crippen molar-refractivity contribution in [2.45, 2.75) is 32.1 Å². The lowest BCUT2D eigenvalue weighted by atomic mass is 9.89. The highest BCUT2D eigenvalue weighted by atomic mass is 35.5. The first-order valence-corrected chi connectivity index (χ1v) is 7.15. The molecule has 2 rings (SSSR count). The zero-order chi connectivity index (χ0) is 13.0. The molecule has 4 heteroatoms. The first kappa shape index (κ1) is 13.7. The van der Waals surface area contributed by atoms with Gasteiger partial charge < -0.3 is 5.32 Å². The Morgan fingerprint density at radius 3 is 2.33 bits per heavy atom. The number of halogens is 2. The first-order valence-electron chi connectivity index (χ1n) is 6.39. The molecular formula is C14H17Cl2NO. The SMILES string of the molecule is O=C(NCC1CCCCC1)c1cc(Cl)cc(Cl)c1. The summed E-state index contributed by atoms with van der Waals surface area (Å²) < 4.78 is 0. The largest absolute Gasteiger partial charge is 0.352 e. The Morgan fingerprint density at radius 2 is 1.72 bits per heavy atom. The third-order valence-electron chi connectivity index (χ3n) is 3.40. The summed E-state index contributed by atoms with van der Waals surface area (Å²) >= 11 is 11.8. The van der Waals surface area contributed by atoms with Crippen LogP contribution in [0, 0.1) is 5.92 Å². The molecule has 1 saturated carbocycles. The Labute approximate surface area is 118 Å². The van der Waals surface area contributed by atoms with Gasteiger partial charge in [-0.25, -0.2) is 0 Å². The lowest BCUT2D eigenvalue weighted by Crippen LogP contribution is -2.30. The topological polar surface area (TPSA) is 29.1 Å². The summed E-state index contributed by atoms with van der Waals surface area (Å²) in [6.07, 6.45) is 6.33. The van der Waals surface area contributed by atoms with Gasteiger partial charge in [0.25, 0.3) is 5.91 Å². The minimum Gasteiger partial charge on any atom is -0.352 e. The lowest BCUT2D eigenvalue weighted by Gasteiger charge is -2.21. The predicted molar refractivity (Wildman–Crippen MR) is 75.4 cm³/mol. The maximum absolute atomic E-state index is 12.0. The minimum atomic E-state index is -0.0926. The number of hydrogen-bond acceptors (Lipinski definition) is 1. The van der Waals surface area contributed by atoms with E-state index >= 15 is 0 Å². The second kappa shape index (κ2) is 6.44. The van der Waals surface area contributed by atoms with Crippen LogP contribution in [-0.2, 0) is 0 Å². The molecule has 1 aliphatic carbocycles. The van der Waals surface area contributed by atoms with Gasteiger partial charge in [0, 0.05) is 22.2 Å². The van der Waals surface area contributed by atoms with Crippen molar-refractivity contribution in [3.63, 3.8) is 0 Å². The highest BCUT2D eigenvalue weighted by Crippen LogP contribution is 2.23. The Hall–Kier alpha value is -0.730. The molecule has 0 radical (unpaired) electrons. The van der Waals surface area contributed by atoms with E-state index in [2.05, 4.69) is 5.32 Å². The molecule has 0 spiro atoms. The third kappa shape index (κ3) is 3.89. The van der Waals surface area contributed by atoms with Crippen LogP contribution in [0.5, 0.6) is 0 Å². The molecule has 0 unspecified atom stereocenters. The van der Waals surface area contributed by atoms with Gasteiger partial charge in [-0.2, -0.15) is 0 Å². The third-order valence-corrected chi connectivity index (χ3v) is 3.84. The molecular weight excluding hydrogens is 269 g/mol. The van der Waals surface area contributed by atoms with Gasteiger partial charge in [-0.1, -0.05) is 42.5 Å². The Morgan fingerprint density at radius 1 is 1.11 bits per heavy atom. The molecule has 1 aromatic carbocycles. The average Bonchev–Trinajstić information content (AvgIpc) is 2.36. The zero-order valence-electron chi connectivity index (χ0n) is 10.2. The van der Waals surface area contributed by atoms with Crippen LogP contribution in [0.25, 0.3) is 0 Å². The molecule has 98 valence electrons. The number of nitrogens with one attached hydrogen (secondary N) is 1. The number of benzene rings is 1. The van der Waals surface area contributed by atoms with Crippen LogP contribution in [-0.4, -0.2) is 12.5 Å². The molecule has 1 amide bonds. The van der Waals surface area contributed by atoms with Crippen LogP contribution in [0.15, 0.2) is 18.2 Å². The van der Waals surface area contributed by atoms with Crippen LogP contribution < -0.4 is 5.32 Å². The fraction of sp³-hybridized carbons (Fsp3) is 0.500. The summed E-state index contributed by atoms with van der Waals surface area (Å²) in [4.78, 5) is 12.0. The fourth-order valence-corrected chi connectivity index (χ4v) is 2.94. The van der Waals surface area contributed by atoms with E-state index in [1.807, 2.05) is 0 Å². The molecule has 0 atom stereocenters. The fourth-order valence-electron chi connectivity index (χ4n) is 2.42. The van der Waals surface area contributed by atoms with E-state index in [0.29, 0.717) is 21.5 Å². The van der Waals surface area contributed by atoms with E-state index in [1.165, 1.54) is 32.1 Å². The summed E-state index contributed by atoms with van der Waals surface area (Å²) in [5, 5.41) is 3.95. The summed E-state index contributed by atoms with van der Waals surface area (Å²) in [7, 11) is 0. The van der Waals surface area contributed by atoms with Crippen molar-refractivity contribution in [2.75, 3.05) is 6.54 Å². The summed E-state index contributed by atoms with van der Waals surface area (Å²) in [6, 6.07) is 4.91. The number of rotatable bonds is 3. The van der Waals surface area contributed by atoms with Gasteiger partial charge in [-0.05, 0) is 37.0 Å². The maximum atomic E-state index is 12.0. The quantitative estimate of drug-likeness (QED) is 0.881. The van der Waals surface area contributed by atoms with Gasteiger partial charge in [0.05, 0.1) is 0 Å². The van der Waals surface area contributed by atoms with E-state index in [-0.39, 0.29) is 5.91 Å². The molecule has 1 aliphatic rings. The van der Waals surface area contributed by atoms with Crippen molar-refractivity contribution in [3.05, 3.63) is 33.8 Å². The van der Waals surface area contributed by atoms with Gasteiger partial charge >= 0.3 is 0 Å². The van der Waals surface area contributed by atoms with Crippen molar-refractivity contribution in [1.82, 2.24) is 5.32 Å². The standard InChI is InChI=1S/C14H17Cl2NO/c15-12-6-11(7-13(16)8-12)14(18)17-9-10-4-2-1-3-5-10/h6-8,10H,1-5,9H2,(H,17,18). The lowest BCUT2D eigenvalue weighted by molar-refractivity contribution is 0.0943. The highest BCUT2D eigenvalue weighted by Gasteiger charge is 2.15. The van der Waals surface area contributed by atoms with Crippen molar-refractivity contribution in [3.8, 4) is 0 Å². The van der Waals surface area contributed by atoms with Gasteiger partial charge in [0.15, 0.2) is 0 Å². The monoisotopic (exact) mass is 285 g/mol. The smallest absolute Gasteiger partial charge is 0.251 e. The van der Waals surface area contributed by atoms with Gasteiger partial charge in [0.2, 0.25) is 0 Å². The van der Waals surface area contributed by atoms with E-state index in [4.69, 9.17) is 23.2 Å². The van der Waals surface area contributed by atoms with E-state index in [0.717, 1.165) is 6.54 Å². The molecule has 18 heavy (non-hydrogen) atoms. The molecule has 0 aliphatic heterocycles. The Bertz CT molecular complexity index is 408. The van der Waals surface area contributed by atoms with Crippen LogP contribution in [0.1, 0.15) is 42.5 Å². The summed E-state index contributed by atoms with van der Waals surface area (Å²) in [5.74, 6) is 0.530. The van der Waals surface area contributed by atoms with Crippen LogP contribution in [0.3, 0.4) is 0 Å². The Balaban J connectivity index is 1.90. The molecule has 0 heterocycles. The average molecular weight is 286 g/mol. The number of amides is 1. The molecule has 1 N–H and O–H groups in total.